The summed E-state index contributed by atoms with van der Waals surface area (Å²) >= 11 is 19.8. The van der Waals surface area contributed by atoms with Crippen LogP contribution in [0.2, 0.25) is 0 Å². The van der Waals surface area contributed by atoms with Gasteiger partial charge in [0.15, 0.2) is 5.78 Å². The highest BCUT2D eigenvalue weighted by molar-refractivity contribution is 9.12. The van der Waals surface area contributed by atoms with Crippen LogP contribution in [0.3, 0.4) is 0 Å². The van der Waals surface area contributed by atoms with Crippen LogP contribution in [0.5, 0.6) is 0 Å². The van der Waals surface area contributed by atoms with Crippen molar-refractivity contribution in [2.45, 2.75) is 31.6 Å². The molecule has 0 unspecified atom stereocenters. The fraction of sp³-hybridized carbons (Fsp3) is 0.625. The summed E-state index contributed by atoms with van der Waals surface area (Å²) in [5.74, 6) is -0.321. The summed E-state index contributed by atoms with van der Waals surface area (Å²) in [6, 6.07) is 0. The topological polar surface area (TPSA) is 17.1 Å². The van der Waals surface area contributed by atoms with Crippen LogP contribution in [0.1, 0.15) is 26.2 Å². The average Bonchev–Trinajstić information content (AvgIpc) is 2.11. The molecule has 0 amide bonds. The largest absolute Gasteiger partial charge is 0.291 e. The smallest absolute Gasteiger partial charge is 0.194 e. The van der Waals surface area contributed by atoms with Crippen LogP contribution in [0.4, 0.5) is 0 Å². The zero-order chi connectivity index (χ0) is 10.4. The van der Waals surface area contributed by atoms with Gasteiger partial charge in [-0.05, 0) is 22.4 Å². The lowest BCUT2D eigenvalue weighted by atomic mass is 10.1. The third-order valence-corrected chi connectivity index (χ3v) is 3.18. The van der Waals surface area contributed by atoms with Crippen LogP contribution in [0.25, 0.3) is 0 Å². The van der Waals surface area contributed by atoms with E-state index < -0.39 is 5.38 Å². The molecule has 0 heterocycles. The van der Waals surface area contributed by atoms with E-state index in [0.29, 0.717) is 6.42 Å². The number of hydrogen-bond acceptors (Lipinski definition) is 1. The summed E-state index contributed by atoms with van der Waals surface area (Å²) in [5, 5.41) is -0.600. The Morgan fingerprint density at radius 2 is 2.00 bits per heavy atom. The second-order valence-corrected chi connectivity index (χ2v) is 5.08. The summed E-state index contributed by atoms with van der Waals surface area (Å²) in [5.41, 5.74) is 0. The predicted molar refractivity (Wildman–Crippen MR) is 61.8 cm³/mol. The van der Waals surface area contributed by atoms with E-state index >= 15 is 0 Å². The summed E-state index contributed by atoms with van der Waals surface area (Å²) in [6.45, 7) is 2.03. The monoisotopic (exact) mass is 306 g/mol. The van der Waals surface area contributed by atoms with Gasteiger partial charge in [0.05, 0.1) is 5.38 Å². The van der Waals surface area contributed by atoms with Gasteiger partial charge in [-0.2, -0.15) is 0 Å². The molecule has 1 nitrogen and oxygen atoms in total. The Bertz CT molecular complexity index is 211. The summed E-state index contributed by atoms with van der Waals surface area (Å²) in [4.78, 5) is 11.4. The van der Waals surface area contributed by atoms with Crippen molar-refractivity contribution in [2.24, 2.45) is 0 Å². The maximum Gasteiger partial charge on any atom is 0.194 e. The number of unbranched alkanes of at least 4 members (excludes halogenated alkanes) is 1. The number of alkyl halides is 1. The number of carbonyl (C=O) groups is 1. The van der Waals surface area contributed by atoms with Crippen molar-refractivity contribution >= 4 is 56.5 Å². The van der Waals surface area contributed by atoms with Crippen LogP contribution in [0.15, 0.2) is 8.97 Å². The Balaban J connectivity index is 4.19. The van der Waals surface area contributed by atoms with Gasteiger partial charge in [-0.15, -0.1) is 11.6 Å². The van der Waals surface area contributed by atoms with Crippen molar-refractivity contribution in [3.8, 4) is 0 Å². The van der Waals surface area contributed by atoms with Gasteiger partial charge in [0.2, 0.25) is 0 Å². The number of carbonyl (C=O) groups excluding carboxylic acids is 1. The Morgan fingerprint density at radius 3 is 2.38 bits per heavy atom. The summed E-state index contributed by atoms with van der Waals surface area (Å²) in [7, 11) is 0. The van der Waals surface area contributed by atoms with Crippen molar-refractivity contribution in [2.75, 3.05) is 0 Å². The third-order valence-electron chi connectivity index (χ3n) is 1.48. The fourth-order valence-corrected chi connectivity index (χ4v) is 1.48. The van der Waals surface area contributed by atoms with E-state index in [0.717, 1.165) is 12.8 Å². The van der Waals surface area contributed by atoms with Crippen LogP contribution >= 0.6 is 50.7 Å². The van der Waals surface area contributed by atoms with Gasteiger partial charge >= 0.3 is 0 Å². The van der Waals surface area contributed by atoms with Gasteiger partial charge in [-0.1, -0.05) is 43.0 Å². The van der Waals surface area contributed by atoms with E-state index in [1.54, 1.807) is 0 Å². The summed E-state index contributed by atoms with van der Waals surface area (Å²) in [6.07, 6.45) is 2.54. The third kappa shape index (κ3) is 5.26. The Labute approximate surface area is 102 Å². The first-order chi connectivity index (χ1) is 6.00. The molecule has 0 fully saturated rings. The molecule has 5 heteroatoms. The van der Waals surface area contributed by atoms with Crippen LogP contribution in [0, 0.1) is 0 Å². The van der Waals surface area contributed by atoms with E-state index in [-0.39, 0.29) is 14.8 Å². The van der Waals surface area contributed by atoms with Crippen LogP contribution in [-0.4, -0.2) is 11.2 Å². The lowest BCUT2D eigenvalue weighted by molar-refractivity contribution is -0.114. The highest BCUT2D eigenvalue weighted by atomic mass is 79.9. The van der Waals surface area contributed by atoms with Gasteiger partial charge in [-0.25, -0.2) is 0 Å². The van der Waals surface area contributed by atoms with Crippen molar-refractivity contribution in [3.05, 3.63) is 8.97 Å². The van der Waals surface area contributed by atoms with Crippen LogP contribution < -0.4 is 0 Å². The maximum atomic E-state index is 11.4. The molecule has 0 aromatic heterocycles. The molecular formula is C8H10BrCl3O. The molecule has 0 rings (SSSR count). The molecule has 1 atom stereocenters. The summed E-state index contributed by atoms with van der Waals surface area (Å²) < 4.78 is 0.112. The highest BCUT2D eigenvalue weighted by Crippen LogP contribution is 2.24. The number of Topliss-reactive ketones (excluding diaryl/α,β-unsaturated/α-hetero) is 1. The fourth-order valence-electron chi connectivity index (χ4n) is 0.745. The second kappa shape index (κ2) is 7.10. The Hall–Kier alpha value is 0.760. The van der Waals surface area contributed by atoms with E-state index in [1.807, 2.05) is 6.92 Å². The predicted octanol–water partition coefficient (Wildman–Crippen LogP) is 4.39. The Morgan fingerprint density at radius 1 is 1.46 bits per heavy atom. The molecule has 13 heavy (non-hydrogen) atoms. The molecule has 0 aliphatic carbocycles. The Kier molecular flexibility index (Phi) is 7.52. The SMILES string of the molecule is CCCC[C@@H](Cl)C(=O)/C(Cl)=C(/Cl)Br. The number of allylic oxidation sites excluding steroid dienone is 1. The average molecular weight is 308 g/mol. The van der Waals surface area contributed by atoms with E-state index in [9.17, 15) is 4.79 Å². The van der Waals surface area contributed by atoms with Crippen LogP contribution in [-0.2, 0) is 4.79 Å². The molecule has 0 aromatic carbocycles. The second-order valence-electron chi connectivity index (χ2n) is 2.55. The molecule has 0 bridgehead atoms. The van der Waals surface area contributed by atoms with E-state index in [1.165, 1.54) is 0 Å². The molecule has 0 saturated carbocycles. The number of hydrogen-bond donors (Lipinski definition) is 0. The van der Waals surface area contributed by atoms with Crippen molar-refractivity contribution in [1.29, 1.82) is 0 Å². The lowest BCUT2D eigenvalue weighted by Gasteiger charge is -2.06. The van der Waals surface area contributed by atoms with Gasteiger partial charge in [0, 0.05) is 0 Å². The van der Waals surface area contributed by atoms with Crippen molar-refractivity contribution in [1.82, 2.24) is 0 Å². The quantitative estimate of drug-likeness (QED) is 0.543. The first-order valence-corrected chi connectivity index (χ1v) is 5.88. The maximum absolute atomic E-state index is 11.4. The van der Waals surface area contributed by atoms with E-state index in [2.05, 4.69) is 15.9 Å². The number of rotatable bonds is 5. The normalized spacial score (nSPS) is 15.2. The van der Waals surface area contributed by atoms with Gasteiger partial charge in [-0.3, -0.25) is 4.79 Å². The zero-order valence-electron chi connectivity index (χ0n) is 7.12. The van der Waals surface area contributed by atoms with Crippen molar-refractivity contribution < 1.29 is 4.79 Å². The van der Waals surface area contributed by atoms with E-state index in [4.69, 9.17) is 34.8 Å². The molecule has 0 spiro atoms. The molecule has 0 aliphatic rings. The molecular weight excluding hydrogens is 298 g/mol. The van der Waals surface area contributed by atoms with Gasteiger partial charge < -0.3 is 0 Å². The molecule has 0 saturated heterocycles. The molecule has 0 N–H and O–H groups in total. The standard InChI is InChI=1S/C8H10BrCl3O/c1-2-3-4-5(10)7(13)6(11)8(9)12/h5H,2-4H2,1H3/b8-6-/t5-/m1/s1. The minimum atomic E-state index is -0.571. The molecule has 0 aromatic rings. The number of ketones is 1. The van der Waals surface area contributed by atoms with Gasteiger partial charge in [0.25, 0.3) is 0 Å². The minimum Gasteiger partial charge on any atom is -0.291 e. The minimum absolute atomic E-state index is 0.0298. The molecule has 0 radical (unpaired) electrons. The number of halogens is 4. The first kappa shape index (κ1) is 13.8. The first-order valence-electron chi connectivity index (χ1n) is 3.89. The van der Waals surface area contributed by atoms with Crippen molar-refractivity contribution in [3.63, 3.8) is 0 Å². The lowest BCUT2D eigenvalue weighted by Crippen LogP contribution is -2.14. The zero-order valence-corrected chi connectivity index (χ0v) is 11.0. The molecule has 0 aliphatic heterocycles. The molecule has 76 valence electrons. The van der Waals surface area contributed by atoms with Gasteiger partial charge in [0.1, 0.15) is 8.97 Å². The highest BCUT2D eigenvalue weighted by Gasteiger charge is 2.19.